The molecule has 0 bridgehead atoms. The summed E-state index contributed by atoms with van der Waals surface area (Å²) in [5, 5.41) is 27.0. The van der Waals surface area contributed by atoms with E-state index < -0.39 is 36.4 Å². The fourth-order valence-corrected chi connectivity index (χ4v) is 2.40. The molecular formula is C18H16F2N4O4. The van der Waals surface area contributed by atoms with E-state index in [1.165, 1.54) is 42.5 Å². The van der Waals surface area contributed by atoms with E-state index >= 15 is 0 Å². The number of carbonyl (C=O) groups excluding carboxylic acids is 1. The maximum atomic E-state index is 13.3. The Morgan fingerprint density at radius 3 is 2.14 bits per heavy atom. The number of ether oxygens (including phenoxy) is 1. The van der Waals surface area contributed by atoms with Crippen LogP contribution in [0.3, 0.4) is 0 Å². The van der Waals surface area contributed by atoms with Crippen molar-refractivity contribution in [3.8, 4) is 0 Å². The summed E-state index contributed by atoms with van der Waals surface area (Å²) in [4.78, 5) is 12.1. The molecule has 0 amide bonds. The van der Waals surface area contributed by atoms with Gasteiger partial charge >= 0.3 is 5.97 Å². The van der Waals surface area contributed by atoms with Crippen LogP contribution in [0.15, 0.2) is 58.7 Å². The number of rotatable bonds is 6. The Bertz CT molecular complexity index is 935. The van der Waals surface area contributed by atoms with E-state index in [4.69, 9.17) is 4.74 Å². The Morgan fingerprint density at radius 2 is 1.61 bits per heavy atom. The van der Waals surface area contributed by atoms with Gasteiger partial charge in [-0.3, -0.25) is 10.9 Å². The second-order valence-corrected chi connectivity index (χ2v) is 5.78. The zero-order valence-corrected chi connectivity index (χ0v) is 14.3. The first-order valence-electron chi connectivity index (χ1n) is 8.16. The maximum absolute atomic E-state index is 13.3. The zero-order chi connectivity index (χ0) is 20.1. The number of hydrogen-bond donors (Lipinski definition) is 4. The van der Waals surface area contributed by atoms with E-state index in [1.807, 2.05) is 0 Å². The molecule has 1 aliphatic rings. The molecule has 146 valence electrons. The second kappa shape index (κ2) is 8.55. The van der Waals surface area contributed by atoms with Gasteiger partial charge < -0.3 is 14.9 Å². The summed E-state index contributed by atoms with van der Waals surface area (Å²) in [7, 11) is 0. The summed E-state index contributed by atoms with van der Waals surface area (Å²) in [5.41, 5.74) is 5.20. The minimum absolute atomic E-state index is 0.111. The highest BCUT2D eigenvalue weighted by Crippen LogP contribution is 2.17. The molecule has 1 fully saturated rings. The highest BCUT2D eigenvalue weighted by atomic mass is 19.1. The number of esters is 1. The molecule has 0 aliphatic carbocycles. The van der Waals surface area contributed by atoms with Gasteiger partial charge in [-0.2, -0.15) is 10.2 Å². The van der Waals surface area contributed by atoms with E-state index in [2.05, 4.69) is 21.1 Å². The molecule has 0 saturated carbocycles. The molecule has 28 heavy (non-hydrogen) atoms. The van der Waals surface area contributed by atoms with Crippen LogP contribution in [0.5, 0.6) is 0 Å². The number of carbonyl (C=O) groups is 1. The molecule has 1 aliphatic heterocycles. The lowest BCUT2D eigenvalue weighted by Gasteiger charge is -2.14. The highest BCUT2D eigenvalue weighted by molar-refractivity contribution is 6.69. The first-order valence-corrected chi connectivity index (χ1v) is 8.16. The SMILES string of the molecule is O=C1OC(C(O)CO)C(=N/Nc2cccc(F)c2)/C1=N/Nc1cccc(F)c1. The van der Waals surface area contributed by atoms with Crippen LogP contribution in [0, 0.1) is 11.6 Å². The fourth-order valence-electron chi connectivity index (χ4n) is 2.40. The second-order valence-electron chi connectivity index (χ2n) is 5.78. The predicted molar refractivity (Wildman–Crippen MR) is 97.9 cm³/mol. The monoisotopic (exact) mass is 390 g/mol. The van der Waals surface area contributed by atoms with Crippen LogP contribution in [-0.4, -0.2) is 46.4 Å². The number of hydrogen-bond acceptors (Lipinski definition) is 8. The number of anilines is 2. The van der Waals surface area contributed by atoms with E-state index in [9.17, 15) is 23.8 Å². The van der Waals surface area contributed by atoms with Gasteiger partial charge in [0.15, 0.2) is 11.8 Å². The third-order valence-corrected chi connectivity index (χ3v) is 3.73. The van der Waals surface area contributed by atoms with E-state index in [0.717, 1.165) is 6.07 Å². The lowest BCUT2D eigenvalue weighted by atomic mass is 10.1. The van der Waals surface area contributed by atoms with Crippen molar-refractivity contribution in [2.24, 2.45) is 10.2 Å². The summed E-state index contributed by atoms with van der Waals surface area (Å²) in [6.45, 7) is -0.693. The predicted octanol–water partition coefficient (Wildman–Crippen LogP) is 1.48. The third kappa shape index (κ3) is 4.48. The summed E-state index contributed by atoms with van der Waals surface area (Å²) >= 11 is 0. The summed E-state index contributed by atoms with van der Waals surface area (Å²) in [5.74, 6) is -1.91. The quantitative estimate of drug-likeness (QED) is 0.439. The summed E-state index contributed by atoms with van der Waals surface area (Å²) in [6, 6.07) is 10.8. The van der Waals surface area contributed by atoms with Crippen molar-refractivity contribution < 1.29 is 28.5 Å². The zero-order valence-electron chi connectivity index (χ0n) is 14.3. The third-order valence-electron chi connectivity index (χ3n) is 3.73. The Labute approximate surface area is 158 Å². The molecule has 3 rings (SSSR count). The minimum atomic E-state index is -1.45. The number of nitrogens with zero attached hydrogens (tertiary/aromatic N) is 2. The van der Waals surface area contributed by atoms with Crippen molar-refractivity contribution >= 4 is 28.8 Å². The molecule has 0 spiro atoms. The molecular weight excluding hydrogens is 374 g/mol. The molecule has 0 aromatic heterocycles. The lowest BCUT2D eigenvalue weighted by Crippen LogP contribution is -2.36. The molecule has 4 N–H and O–H groups in total. The number of aliphatic hydroxyl groups is 2. The average Bonchev–Trinajstić information content (AvgIpc) is 2.99. The molecule has 0 radical (unpaired) electrons. The van der Waals surface area contributed by atoms with Gasteiger partial charge in [-0.05, 0) is 36.4 Å². The maximum Gasteiger partial charge on any atom is 0.361 e. The Hall–Kier alpha value is -3.37. The number of halogens is 2. The number of hydrazone groups is 2. The van der Waals surface area contributed by atoms with Crippen LogP contribution in [0.4, 0.5) is 20.2 Å². The number of cyclic esters (lactones) is 1. The molecule has 1 saturated heterocycles. The molecule has 2 aromatic rings. The van der Waals surface area contributed by atoms with E-state index in [0.29, 0.717) is 0 Å². The number of benzene rings is 2. The van der Waals surface area contributed by atoms with Gasteiger partial charge in [0.2, 0.25) is 0 Å². The Kier molecular flexibility index (Phi) is 5.92. The van der Waals surface area contributed by atoms with Crippen molar-refractivity contribution in [2.45, 2.75) is 12.2 Å². The van der Waals surface area contributed by atoms with Gasteiger partial charge in [-0.1, -0.05) is 12.1 Å². The number of nitrogens with one attached hydrogen (secondary N) is 2. The minimum Gasteiger partial charge on any atom is -0.448 e. The van der Waals surface area contributed by atoms with Crippen LogP contribution in [0.1, 0.15) is 0 Å². The van der Waals surface area contributed by atoms with Crippen molar-refractivity contribution in [3.05, 3.63) is 60.2 Å². The summed E-state index contributed by atoms with van der Waals surface area (Å²) in [6.07, 6.45) is -2.73. The van der Waals surface area contributed by atoms with E-state index in [-0.39, 0.29) is 22.8 Å². The first kappa shape index (κ1) is 19.4. The highest BCUT2D eigenvalue weighted by Gasteiger charge is 2.42. The van der Waals surface area contributed by atoms with E-state index in [1.54, 1.807) is 0 Å². The van der Waals surface area contributed by atoms with Crippen LogP contribution in [0.2, 0.25) is 0 Å². The molecule has 10 heteroatoms. The van der Waals surface area contributed by atoms with Crippen molar-refractivity contribution in [1.29, 1.82) is 0 Å². The Balaban J connectivity index is 1.90. The molecule has 2 aromatic carbocycles. The van der Waals surface area contributed by atoms with Gasteiger partial charge in [-0.25, -0.2) is 13.6 Å². The van der Waals surface area contributed by atoms with Crippen molar-refractivity contribution in [2.75, 3.05) is 17.5 Å². The smallest absolute Gasteiger partial charge is 0.361 e. The number of aliphatic hydroxyl groups excluding tert-OH is 2. The van der Waals surface area contributed by atoms with Gasteiger partial charge in [0.1, 0.15) is 23.5 Å². The van der Waals surface area contributed by atoms with Crippen LogP contribution in [0.25, 0.3) is 0 Å². The van der Waals surface area contributed by atoms with Gasteiger partial charge in [0, 0.05) is 0 Å². The van der Waals surface area contributed by atoms with Gasteiger partial charge in [0.05, 0.1) is 18.0 Å². The van der Waals surface area contributed by atoms with Crippen LogP contribution >= 0.6 is 0 Å². The van der Waals surface area contributed by atoms with Crippen molar-refractivity contribution in [1.82, 2.24) is 0 Å². The average molecular weight is 390 g/mol. The van der Waals surface area contributed by atoms with Gasteiger partial charge in [0.25, 0.3) is 0 Å². The first-order chi connectivity index (χ1) is 13.5. The Morgan fingerprint density at radius 1 is 1.04 bits per heavy atom. The lowest BCUT2D eigenvalue weighted by molar-refractivity contribution is -0.140. The largest absolute Gasteiger partial charge is 0.448 e. The van der Waals surface area contributed by atoms with Crippen molar-refractivity contribution in [3.63, 3.8) is 0 Å². The normalized spacial score (nSPS) is 20.3. The standard InChI is InChI=1S/C18H16F2N4O4/c19-10-3-1-5-12(7-10)21-23-15-16(18(27)28-17(15)14(26)9-25)24-22-13-6-2-4-11(20)8-13/h1-8,14,17,21-22,25-26H,9H2/b23-15+,24-16-. The molecule has 8 nitrogen and oxygen atoms in total. The molecule has 1 heterocycles. The topological polar surface area (TPSA) is 116 Å². The van der Waals surface area contributed by atoms with Crippen LogP contribution in [-0.2, 0) is 9.53 Å². The molecule has 2 atom stereocenters. The molecule has 2 unspecified atom stereocenters. The fraction of sp³-hybridized carbons (Fsp3) is 0.167. The summed E-state index contributed by atoms with van der Waals surface area (Å²) < 4.78 is 31.6. The van der Waals surface area contributed by atoms with Gasteiger partial charge in [-0.15, -0.1) is 0 Å². The van der Waals surface area contributed by atoms with Crippen LogP contribution < -0.4 is 10.9 Å².